The number of ether oxygens (including phenoxy) is 8. The van der Waals surface area contributed by atoms with E-state index < -0.39 is 0 Å². The summed E-state index contributed by atoms with van der Waals surface area (Å²) in [5, 5.41) is 0. The first-order valence-electron chi connectivity index (χ1n) is 12.5. The molecule has 0 N–H and O–H groups in total. The van der Waals surface area contributed by atoms with Crippen molar-refractivity contribution in [3.8, 4) is 23.0 Å². The minimum Gasteiger partial charge on any atom is -0.489 e. The molecule has 1 aliphatic heterocycles. The highest BCUT2D eigenvalue weighted by molar-refractivity contribution is 5.73. The van der Waals surface area contributed by atoms with E-state index in [2.05, 4.69) is 9.80 Å². The highest BCUT2D eigenvalue weighted by Crippen LogP contribution is 2.43. The van der Waals surface area contributed by atoms with Gasteiger partial charge in [-0.3, -0.25) is 0 Å². The highest BCUT2D eigenvalue weighted by Gasteiger charge is 2.29. The van der Waals surface area contributed by atoms with E-state index in [9.17, 15) is 0 Å². The van der Waals surface area contributed by atoms with Crippen LogP contribution in [0.2, 0.25) is 0 Å². The van der Waals surface area contributed by atoms with Gasteiger partial charge in [0.15, 0.2) is 0 Å². The molecule has 1 fully saturated rings. The van der Waals surface area contributed by atoms with Crippen LogP contribution in [0.25, 0.3) is 0 Å². The molecule has 0 atom stereocenters. The van der Waals surface area contributed by atoms with E-state index >= 15 is 0 Å². The van der Waals surface area contributed by atoms with Gasteiger partial charge in [-0.05, 0) is 24.3 Å². The number of hydrogen-bond donors (Lipinski definition) is 0. The zero-order valence-corrected chi connectivity index (χ0v) is 22.4. The van der Waals surface area contributed by atoms with Gasteiger partial charge >= 0.3 is 0 Å². The number of anilines is 2. The Morgan fingerprint density at radius 3 is 1.05 bits per heavy atom. The van der Waals surface area contributed by atoms with Crippen molar-refractivity contribution in [3.63, 3.8) is 0 Å². The molecule has 0 aliphatic carbocycles. The van der Waals surface area contributed by atoms with Crippen LogP contribution < -0.4 is 28.7 Å². The van der Waals surface area contributed by atoms with Crippen LogP contribution in [-0.4, -0.2) is 101 Å². The van der Waals surface area contributed by atoms with Gasteiger partial charge in [0.05, 0.1) is 33.1 Å². The first-order chi connectivity index (χ1) is 18.2. The van der Waals surface area contributed by atoms with Gasteiger partial charge in [-0.15, -0.1) is 0 Å². The van der Waals surface area contributed by atoms with Crippen LogP contribution in [0, 0.1) is 0 Å². The van der Waals surface area contributed by atoms with Gasteiger partial charge in [0, 0.05) is 41.5 Å². The van der Waals surface area contributed by atoms with Crippen LogP contribution >= 0.6 is 0 Å². The zero-order chi connectivity index (χ0) is 26.3. The number of benzene rings is 2. The topological polar surface area (TPSA) is 80.3 Å². The third-order valence-electron chi connectivity index (χ3n) is 5.72. The van der Waals surface area contributed by atoms with Crippen molar-refractivity contribution in [1.29, 1.82) is 0 Å². The maximum Gasteiger partial charge on any atom is 0.146 e. The van der Waals surface area contributed by atoms with E-state index in [4.69, 9.17) is 37.9 Å². The quantitative estimate of drug-likeness (QED) is 0.274. The summed E-state index contributed by atoms with van der Waals surface area (Å²) >= 11 is 0. The molecule has 0 radical (unpaired) electrons. The average molecular weight is 521 g/mol. The molecule has 206 valence electrons. The van der Waals surface area contributed by atoms with Crippen molar-refractivity contribution in [3.05, 3.63) is 36.4 Å². The molecule has 0 aromatic heterocycles. The minimum absolute atomic E-state index is 0.441. The normalized spacial score (nSPS) is 13.2. The number of methoxy groups -OCH3 is 4. The predicted octanol–water partition coefficient (Wildman–Crippen LogP) is 3.07. The maximum absolute atomic E-state index is 6.08. The van der Waals surface area contributed by atoms with E-state index in [-0.39, 0.29) is 0 Å². The van der Waals surface area contributed by atoms with E-state index in [0.29, 0.717) is 59.5 Å². The summed E-state index contributed by atoms with van der Waals surface area (Å²) in [6.07, 6.45) is 0. The summed E-state index contributed by atoms with van der Waals surface area (Å²) in [5.41, 5.74) is 1.80. The Kier molecular flexibility index (Phi) is 12.4. The molecule has 1 heterocycles. The average Bonchev–Trinajstić information content (AvgIpc) is 3.39. The fraction of sp³-hybridized carbons (Fsp3) is 0.556. The lowest BCUT2D eigenvalue weighted by Gasteiger charge is -2.27. The summed E-state index contributed by atoms with van der Waals surface area (Å²) in [6.45, 7) is 5.85. The third kappa shape index (κ3) is 8.29. The van der Waals surface area contributed by atoms with Crippen LogP contribution in [0.4, 0.5) is 11.4 Å². The van der Waals surface area contributed by atoms with E-state index in [1.54, 1.807) is 28.4 Å². The number of para-hydroxylation sites is 2. The van der Waals surface area contributed by atoms with E-state index in [0.717, 1.165) is 47.5 Å². The molecule has 0 spiro atoms. The summed E-state index contributed by atoms with van der Waals surface area (Å²) < 4.78 is 45.1. The Balaban J connectivity index is 1.88. The number of rotatable bonds is 18. The van der Waals surface area contributed by atoms with E-state index in [1.165, 1.54) is 0 Å². The second-order valence-corrected chi connectivity index (χ2v) is 8.24. The molecule has 1 aliphatic rings. The summed E-state index contributed by atoms with van der Waals surface area (Å²) in [6, 6.07) is 11.7. The smallest absolute Gasteiger partial charge is 0.146 e. The standard InChI is InChI=1S/C27H40N2O8/c1-30-13-17-34-22-7-5-8-23(35-18-14-31-2)26(22)28-11-12-29(21-28)27-24(36-19-15-32-3)9-6-10-25(27)37-20-16-33-4/h5-10H,11-21H2,1-4H3. The van der Waals surface area contributed by atoms with Gasteiger partial charge in [-0.25, -0.2) is 0 Å². The van der Waals surface area contributed by atoms with Crippen molar-refractivity contribution in [2.45, 2.75) is 0 Å². The lowest BCUT2D eigenvalue weighted by Crippen LogP contribution is -2.27. The summed E-state index contributed by atoms with van der Waals surface area (Å²) in [7, 11) is 6.63. The maximum atomic E-state index is 6.08. The molecule has 37 heavy (non-hydrogen) atoms. The molecule has 3 rings (SSSR count). The molecule has 1 saturated heterocycles. The molecule has 2 aromatic carbocycles. The number of nitrogens with zero attached hydrogens (tertiary/aromatic N) is 2. The van der Waals surface area contributed by atoms with Gasteiger partial charge < -0.3 is 47.7 Å². The second-order valence-electron chi connectivity index (χ2n) is 8.24. The van der Waals surface area contributed by atoms with Gasteiger partial charge in [-0.1, -0.05) is 12.1 Å². The van der Waals surface area contributed by atoms with Crippen molar-refractivity contribution in [2.75, 3.05) is 111 Å². The van der Waals surface area contributed by atoms with Crippen molar-refractivity contribution < 1.29 is 37.9 Å². The predicted molar refractivity (Wildman–Crippen MR) is 142 cm³/mol. The number of hydrogen-bond acceptors (Lipinski definition) is 10. The van der Waals surface area contributed by atoms with Crippen molar-refractivity contribution in [2.24, 2.45) is 0 Å². The van der Waals surface area contributed by atoms with Crippen LogP contribution in [0.15, 0.2) is 36.4 Å². The molecular weight excluding hydrogens is 480 g/mol. The zero-order valence-electron chi connectivity index (χ0n) is 22.4. The van der Waals surface area contributed by atoms with E-state index in [1.807, 2.05) is 36.4 Å². The Bertz CT molecular complexity index is 799. The first kappa shape index (κ1) is 28.6. The van der Waals surface area contributed by atoms with Gasteiger partial charge in [0.1, 0.15) is 60.8 Å². The van der Waals surface area contributed by atoms with Crippen LogP contribution in [0.3, 0.4) is 0 Å². The molecule has 2 aromatic rings. The molecule has 0 unspecified atom stereocenters. The summed E-state index contributed by atoms with van der Waals surface area (Å²) in [4.78, 5) is 4.49. The fourth-order valence-electron chi connectivity index (χ4n) is 3.99. The monoisotopic (exact) mass is 520 g/mol. The molecule has 0 bridgehead atoms. The molecule has 10 heteroatoms. The highest BCUT2D eigenvalue weighted by atomic mass is 16.5. The Hall–Kier alpha value is -2.92. The van der Waals surface area contributed by atoms with Crippen LogP contribution in [-0.2, 0) is 18.9 Å². The van der Waals surface area contributed by atoms with Crippen molar-refractivity contribution >= 4 is 11.4 Å². The molecular formula is C27H40N2O8. The fourth-order valence-corrected chi connectivity index (χ4v) is 3.99. The largest absolute Gasteiger partial charge is 0.489 e. The second kappa shape index (κ2) is 16.0. The first-order valence-corrected chi connectivity index (χ1v) is 12.5. The lowest BCUT2D eigenvalue weighted by molar-refractivity contribution is 0.142. The Morgan fingerprint density at radius 1 is 0.486 bits per heavy atom. The summed E-state index contributed by atoms with van der Waals surface area (Å²) in [5.74, 6) is 2.98. The van der Waals surface area contributed by atoms with Gasteiger partial charge in [-0.2, -0.15) is 0 Å². The lowest BCUT2D eigenvalue weighted by atomic mass is 10.2. The van der Waals surface area contributed by atoms with Gasteiger partial charge in [0.2, 0.25) is 0 Å². The van der Waals surface area contributed by atoms with Crippen LogP contribution in [0.1, 0.15) is 0 Å². The molecule has 0 amide bonds. The van der Waals surface area contributed by atoms with Crippen LogP contribution in [0.5, 0.6) is 23.0 Å². The third-order valence-corrected chi connectivity index (χ3v) is 5.72. The van der Waals surface area contributed by atoms with Gasteiger partial charge in [0.25, 0.3) is 0 Å². The SMILES string of the molecule is COCCOc1cccc(OCCOC)c1N1CCN(c2c(OCCOC)cccc2OCCOC)C1. The van der Waals surface area contributed by atoms with Crippen molar-refractivity contribution in [1.82, 2.24) is 0 Å². The molecule has 10 nitrogen and oxygen atoms in total. The minimum atomic E-state index is 0.441. The Labute approximate surface area is 219 Å². The molecule has 0 saturated carbocycles. The Morgan fingerprint density at radius 2 is 0.784 bits per heavy atom.